The van der Waals surface area contributed by atoms with Crippen LogP contribution in [0.5, 0.6) is 0 Å². The Morgan fingerprint density at radius 3 is 2.52 bits per heavy atom. The Balaban J connectivity index is 2.60. The molecule has 1 heterocycles. The monoisotopic (exact) mass is 310 g/mol. The van der Waals surface area contributed by atoms with Crippen LogP contribution in [-0.2, 0) is 20.2 Å². The third-order valence-corrected chi connectivity index (χ3v) is 5.39. The lowest BCUT2D eigenvalue weighted by Gasteiger charge is -2.38. The number of carbonyl (C=O) groups is 1. The van der Waals surface area contributed by atoms with Crippen LogP contribution >= 0.6 is 0 Å². The van der Waals surface area contributed by atoms with Gasteiger partial charge in [0.2, 0.25) is 15.9 Å². The summed E-state index contributed by atoms with van der Waals surface area (Å²) in [5, 5.41) is 0. The van der Waals surface area contributed by atoms with E-state index in [1.807, 2.05) is 20.8 Å². The van der Waals surface area contributed by atoms with Crippen LogP contribution in [-0.4, -0.2) is 27.4 Å². The van der Waals surface area contributed by atoms with Gasteiger partial charge in [0.25, 0.3) is 0 Å². The van der Waals surface area contributed by atoms with E-state index in [0.29, 0.717) is 19.5 Å². The van der Waals surface area contributed by atoms with E-state index in [2.05, 4.69) is 4.72 Å². The van der Waals surface area contributed by atoms with E-state index >= 15 is 0 Å². The molecule has 0 unspecified atom stereocenters. The number of nitrogens with zero attached hydrogens (tertiary/aromatic N) is 1. The smallest absolute Gasteiger partial charge is 0.240 e. The number of fused-ring (bicyclic) bond motifs is 1. The summed E-state index contributed by atoms with van der Waals surface area (Å²) in [6.07, 6.45) is 0.387. The average molecular weight is 310 g/mol. The third kappa shape index (κ3) is 2.82. The molecule has 2 rings (SSSR count). The van der Waals surface area contributed by atoms with E-state index in [0.717, 1.165) is 11.3 Å². The normalized spacial score (nSPS) is 17.7. The number of anilines is 1. The lowest BCUT2D eigenvalue weighted by atomic mass is 9.77. The van der Waals surface area contributed by atoms with Crippen molar-refractivity contribution in [3.63, 3.8) is 0 Å². The van der Waals surface area contributed by atoms with Gasteiger partial charge in [-0.3, -0.25) is 4.79 Å². The van der Waals surface area contributed by atoms with Crippen LogP contribution in [0.15, 0.2) is 23.1 Å². The molecule has 0 saturated carbocycles. The Hall–Kier alpha value is -1.40. The first-order chi connectivity index (χ1) is 9.73. The number of carbonyl (C=O) groups excluding carboxylic acids is 1. The second-order valence-electron chi connectivity index (χ2n) is 5.88. The van der Waals surface area contributed by atoms with Crippen molar-refractivity contribution >= 4 is 21.6 Å². The molecule has 1 amide bonds. The molecule has 21 heavy (non-hydrogen) atoms. The lowest BCUT2D eigenvalue weighted by molar-refractivity contribution is -0.120. The fourth-order valence-corrected chi connectivity index (χ4v) is 3.85. The third-order valence-electron chi connectivity index (χ3n) is 3.84. The Morgan fingerprint density at radius 1 is 1.29 bits per heavy atom. The Kier molecular flexibility index (Phi) is 4.13. The van der Waals surface area contributed by atoms with Gasteiger partial charge >= 0.3 is 0 Å². The quantitative estimate of drug-likeness (QED) is 0.925. The number of sulfonamides is 1. The first-order valence-electron chi connectivity index (χ1n) is 7.17. The van der Waals surface area contributed by atoms with Crippen LogP contribution in [0.25, 0.3) is 0 Å². The van der Waals surface area contributed by atoms with Crippen molar-refractivity contribution in [2.75, 3.05) is 18.0 Å². The largest absolute Gasteiger partial charge is 0.312 e. The highest BCUT2D eigenvalue weighted by molar-refractivity contribution is 7.89. The van der Waals surface area contributed by atoms with Crippen molar-refractivity contribution < 1.29 is 13.2 Å². The molecule has 0 bridgehead atoms. The van der Waals surface area contributed by atoms with E-state index in [1.54, 1.807) is 30.0 Å². The van der Waals surface area contributed by atoms with Crippen LogP contribution in [0.1, 0.15) is 39.7 Å². The number of amides is 1. The van der Waals surface area contributed by atoms with Gasteiger partial charge in [0.15, 0.2) is 0 Å². The number of hydrogen-bond donors (Lipinski definition) is 1. The zero-order valence-corrected chi connectivity index (χ0v) is 13.8. The zero-order valence-electron chi connectivity index (χ0n) is 12.9. The minimum absolute atomic E-state index is 0.0808. The van der Waals surface area contributed by atoms with E-state index in [-0.39, 0.29) is 16.2 Å². The van der Waals surface area contributed by atoms with Crippen molar-refractivity contribution in [3.8, 4) is 0 Å². The fourth-order valence-electron chi connectivity index (χ4n) is 2.78. The summed E-state index contributed by atoms with van der Waals surface area (Å²) in [7, 11) is -3.49. The number of benzene rings is 1. The summed E-state index contributed by atoms with van der Waals surface area (Å²) in [4.78, 5) is 14.1. The molecule has 0 atom stereocenters. The van der Waals surface area contributed by atoms with Crippen LogP contribution in [0, 0.1) is 0 Å². The van der Waals surface area contributed by atoms with Crippen LogP contribution in [0.2, 0.25) is 0 Å². The van der Waals surface area contributed by atoms with Gasteiger partial charge in [-0.15, -0.1) is 0 Å². The zero-order chi connectivity index (χ0) is 15.8. The number of nitrogens with one attached hydrogen (secondary N) is 1. The van der Waals surface area contributed by atoms with Gasteiger partial charge in [-0.1, -0.05) is 20.8 Å². The Morgan fingerprint density at radius 2 is 1.95 bits per heavy atom. The lowest BCUT2D eigenvalue weighted by Crippen LogP contribution is -2.42. The second kappa shape index (κ2) is 5.42. The summed E-state index contributed by atoms with van der Waals surface area (Å²) in [5.74, 6) is 0.0808. The molecule has 1 N–H and O–H groups in total. The van der Waals surface area contributed by atoms with Crippen molar-refractivity contribution in [2.24, 2.45) is 0 Å². The molecular weight excluding hydrogens is 288 g/mol. The predicted molar refractivity (Wildman–Crippen MR) is 83.0 cm³/mol. The van der Waals surface area contributed by atoms with E-state index in [1.165, 1.54) is 0 Å². The number of rotatable bonds is 4. The highest BCUT2D eigenvalue weighted by Gasteiger charge is 2.36. The Bertz CT molecular complexity index is 665. The summed E-state index contributed by atoms with van der Waals surface area (Å²) >= 11 is 0. The SMILES string of the molecule is CCNS(=O)(=O)c1ccc2c(c1)C(C)(C)CC(=O)N2CC. The van der Waals surface area contributed by atoms with Gasteiger partial charge in [-0.05, 0) is 30.7 Å². The minimum Gasteiger partial charge on any atom is -0.312 e. The predicted octanol–water partition coefficient (Wildman–Crippen LogP) is 2.02. The fraction of sp³-hybridized carbons (Fsp3) is 0.533. The summed E-state index contributed by atoms with van der Waals surface area (Å²) in [6, 6.07) is 5.00. The molecule has 1 aromatic rings. The molecule has 0 saturated heterocycles. The van der Waals surface area contributed by atoms with Gasteiger partial charge in [-0.2, -0.15) is 0 Å². The highest BCUT2D eigenvalue weighted by atomic mass is 32.2. The van der Waals surface area contributed by atoms with E-state index in [4.69, 9.17) is 0 Å². The van der Waals surface area contributed by atoms with Gasteiger partial charge < -0.3 is 4.90 Å². The van der Waals surface area contributed by atoms with Crippen molar-refractivity contribution in [1.29, 1.82) is 0 Å². The minimum atomic E-state index is -3.49. The molecule has 5 nitrogen and oxygen atoms in total. The second-order valence-corrected chi connectivity index (χ2v) is 7.65. The first kappa shape index (κ1) is 16.0. The number of hydrogen-bond acceptors (Lipinski definition) is 3. The van der Waals surface area contributed by atoms with Gasteiger partial charge in [0, 0.05) is 30.6 Å². The van der Waals surface area contributed by atoms with Gasteiger partial charge in [0.1, 0.15) is 0 Å². The van der Waals surface area contributed by atoms with Crippen molar-refractivity contribution in [2.45, 2.75) is 44.4 Å². The summed E-state index contributed by atoms with van der Waals surface area (Å²) in [6.45, 7) is 8.55. The average Bonchev–Trinajstić information content (AvgIpc) is 2.38. The summed E-state index contributed by atoms with van der Waals surface area (Å²) in [5.41, 5.74) is 1.35. The topological polar surface area (TPSA) is 66.5 Å². The molecular formula is C15H22N2O3S. The molecule has 1 aromatic carbocycles. The summed E-state index contributed by atoms with van der Waals surface area (Å²) < 4.78 is 26.8. The van der Waals surface area contributed by atoms with Gasteiger partial charge in [-0.25, -0.2) is 13.1 Å². The maximum Gasteiger partial charge on any atom is 0.240 e. The maximum absolute atomic E-state index is 12.2. The first-order valence-corrected chi connectivity index (χ1v) is 8.66. The molecule has 0 spiro atoms. The molecule has 0 aliphatic carbocycles. The molecule has 1 aliphatic rings. The van der Waals surface area contributed by atoms with Crippen LogP contribution < -0.4 is 9.62 Å². The Labute approximate surface area is 126 Å². The molecule has 0 radical (unpaired) electrons. The van der Waals surface area contributed by atoms with Crippen LogP contribution in [0.3, 0.4) is 0 Å². The van der Waals surface area contributed by atoms with Crippen LogP contribution in [0.4, 0.5) is 5.69 Å². The maximum atomic E-state index is 12.2. The molecule has 0 fully saturated rings. The molecule has 6 heteroatoms. The molecule has 0 aromatic heterocycles. The van der Waals surface area contributed by atoms with E-state index in [9.17, 15) is 13.2 Å². The molecule has 1 aliphatic heterocycles. The van der Waals surface area contributed by atoms with Crippen molar-refractivity contribution in [3.05, 3.63) is 23.8 Å². The standard InChI is InChI=1S/C15H22N2O3S/c1-5-16-21(19,20)11-7-8-13-12(9-11)15(3,4)10-14(18)17(13)6-2/h7-9,16H,5-6,10H2,1-4H3. The van der Waals surface area contributed by atoms with E-state index < -0.39 is 10.0 Å². The van der Waals surface area contributed by atoms with Crippen molar-refractivity contribution in [1.82, 2.24) is 4.72 Å². The highest BCUT2D eigenvalue weighted by Crippen LogP contribution is 2.41. The van der Waals surface area contributed by atoms with Gasteiger partial charge in [0.05, 0.1) is 4.90 Å². The molecule has 116 valence electrons.